The summed E-state index contributed by atoms with van der Waals surface area (Å²) in [5.41, 5.74) is 2.69. The van der Waals surface area contributed by atoms with E-state index in [9.17, 15) is 4.79 Å². The van der Waals surface area contributed by atoms with Gasteiger partial charge in [-0.3, -0.25) is 4.79 Å². The average molecular weight is 488 g/mol. The maximum Gasteiger partial charge on any atom is 0.366 e. The van der Waals surface area contributed by atoms with Crippen LogP contribution in [-0.4, -0.2) is 23.3 Å². The van der Waals surface area contributed by atoms with Gasteiger partial charge in [-0.1, -0.05) is 43.2 Å². The Bertz CT molecular complexity index is 1210. The third-order valence-electron chi connectivity index (χ3n) is 6.17. The lowest BCUT2D eigenvalue weighted by Crippen LogP contribution is -2.23. The quantitative estimate of drug-likeness (QED) is 0.426. The second-order valence-electron chi connectivity index (χ2n) is 10.1. The number of nitrogens with zero attached hydrogens (tertiary/aromatic N) is 2. The van der Waals surface area contributed by atoms with E-state index in [-0.39, 0.29) is 24.7 Å². The van der Waals surface area contributed by atoms with E-state index >= 15 is 8.78 Å². The molecule has 0 saturated heterocycles. The topological polar surface area (TPSA) is 90.4 Å². The third kappa shape index (κ3) is 5.39. The van der Waals surface area contributed by atoms with Crippen molar-refractivity contribution < 1.29 is 27.4 Å². The first kappa shape index (κ1) is 24.9. The molecule has 4 rings (SSSR count). The summed E-state index contributed by atoms with van der Waals surface area (Å²) in [6, 6.07) is 7.02. The van der Waals surface area contributed by atoms with Crippen LogP contribution in [0.25, 0.3) is 0 Å². The molecule has 1 aromatic carbocycles. The van der Waals surface area contributed by atoms with Crippen molar-refractivity contribution in [2.24, 2.45) is 0 Å². The Morgan fingerprint density at radius 1 is 1.17 bits per heavy atom. The van der Waals surface area contributed by atoms with Gasteiger partial charge in [-0.25, -0.2) is 0 Å². The molecular formula is C26H31F2N3O4. The number of carbonyl (C=O) groups is 1. The molecule has 0 bridgehead atoms. The minimum atomic E-state index is -3.51. The second kappa shape index (κ2) is 9.43. The highest BCUT2D eigenvalue weighted by atomic mass is 19.3. The van der Waals surface area contributed by atoms with Crippen molar-refractivity contribution in [1.29, 1.82) is 0 Å². The van der Waals surface area contributed by atoms with Crippen LogP contribution in [0, 0.1) is 6.92 Å². The number of nitrogens with one attached hydrogen (secondary N) is 1. The van der Waals surface area contributed by atoms with Crippen LogP contribution in [-0.2, 0) is 29.1 Å². The number of ether oxygens (including phenoxy) is 1. The van der Waals surface area contributed by atoms with Gasteiger partial charge in [0, 0.05) is 42.0 Å². The molecule has 1 aliphatic rings. The van der Waals surface area contributed by atoms with Crippen molar-refractivity contribution in [2.75, 3.05) is 7.11 Å². The number of carbonyl (C=O) groups excluding carboxylic acids is 1. The van der Waals surface area contributed by atoms with E-state index in [1.165, 1.54) is 6.07 Å². The van der Waals surface area contributed by atoms with Crippen LogP contribution in [0.2, 0.25) is 0 Å². The molecule has 0 atom stereocenters. The lowest BCUT2D eigenvalue weighted by Gasteiger charge is -2.13. The van der Waals surface area contributed by atoms with Crippen LogP contribution in [0.1, 0.15) is 85.6 Å². The van der Waals surface area contributed by atoms with Crippen molar-refractivity contribution in [3.05, 3.63) is 63.9 Å². The Morgan fingerprint density at radius 3 is 2.54 bits per heavy atom. The molecule has 3 aromatic rings. The molecule has 0 unspecified atom stereocenters. The lowest BCUT2D eigenvalue weighted by atomic mass is 9.91. The van der Waals surface area contributed by atoms with E-state index < -0.39 is 22.9 Å². The monoisotopic (exact) mass is 487 g/mol. The highest BCUT2D eigenvalue weighted by molar-refractivity contribution is 5.76. The van der Waals surface area contributed by atoms with Gasteiger partial charge < -0.3 is 19.1 Å². The van der Waals surface area contributed by atoms with E-state index in [0.29, 0.717) is 29.2 Å². The number of halogens is 2. The molecule has 1 N–H and O–H groups in total. The molecule has 188 valence electrons. The van der Waals surface area contributed by atoms with Gasteiger partial charge in [-0.05, 0) is 37.3 Å². The molecule has 1 saturated carbocycles. The molecule has 0 radical (unpaired) electrons. The fourth-order valence-corrected chi connectivity index (χ4v) is 3.93. The minimum Gasteiger partial charge on any atom is -0.496 e. The van der Waals surface area contributed by atoms with Gasteiger partial charge in [-0.2, -0.15) is 8.78 Å². The van der Waals surface area contributed by atoms with Crippen LogP contribution >= 0.6 is 0 Å². The van der Waals surface area contributed by atoms with Crippen LogP contribution < -0.4 is 10.1 Å². The van der Waals surface area contributed by atoms with E-state index in [4.69, 9.17) is 13.8 Å². The fourth-order valence-electron chi connectivity index (χ4n) is 3.93. The smallest absolute Gasteiger partial charge is 0.366 e. The van der Waals surface area contributed by atoms with Gasteiger partial charge in [0.15, 0.2) is 0 Å². The Morgan fingerprint density at radius 2 is 1.91 bits per heavy atom. The van der Waals surface area contributed by atoms with E-state index in [1.807, 2.05) is 45.9 Å². The largest absolute Gasteiger partial charge is 0.496 e. The second-order valence-corrected chi connectivity index (χ2v) is 10.1. The first-order valence-corrected chi connectivity index (χ1v) is 11.7. The standard InChI is InChI=1S/C26H31F2N3O4/c1-15-6-7-17(19(12-15)33-5)14-29-22(32)11-10-18-23(16-8-9-16)24(35-30-18)26(27,28)21-13-20(31-34-21)25(2,3)4/h6-7,12-13,16H,8-11,14H2,1-5H3,(H,29,32). The average Bonchev–Trinajstić information content (AvgIpc) is 3.32. The zero-order valence-electron chi connectivity index (χ0n) is 20.7. The lowest BCUT2D eigenvalue weighted by molar-refractivity contribution is -0.121. The minimum absolute atomic E-state index is 0.0537. The molecule has 2 heterocycles. The summed E-state index contributed by atoms with van der Waals surface area (Å²) in [5.74, 6) is -4.16. The molecule has 0 spiro atoms. The summed E-state index contributed by atoms with van der Waals surface area (Å²) >= 11 is 0. The van der Waals surface area contributed by atoms with Crippen LogP contribution in [0.5, 0.6) is 5.75 Å². The van der Waals surface area contributed by atoms with Crippen LogP contribution in [0.3, 0.4) is 0 Å². The number of benzene rings is 1. The van der Waals surface area contributed by atoms with Gasteiger partial charge in [0.25, 0.3) is 0 Å². The van der Waals surface area contributed by atoms with Crippen LogP contribution in [0.15, 0.2) is 33.3 Å². The van der Waals surface area contributed by atoms with E-state index in [0.717, 1.165) is 24.0 Å². The molecule has 2 aromatic heterocycles. The van der Waals surface area contributed by atoms with Gasteiger partial charge in [0.1, 0.15) is 5.75 Å². The number of hydrogen-bond acceptors (Lipinski definition) is 6. The summed E-state index contributed by atoms with van der Waals surface area (Å²) in [6.07, 6.45) is 1.86. The van der Waals surface area contributed by atoms with Crippen molar-refractivity contribution in [1.82, 2.24) is 15.6 Å². The third-order valence-corrected chi connectivity index (χ3v) is 6.17. The molecule has 1 amide bonds. The van der Waals surface area contributed by atoms with Crippen LogP contribution in [0.4, 0.5) is 8.78 Å². The maximum atomic E-state index is 15.4. The maximum absolute atomic E-state index is 15.4. The van der Waals surface area contributed by atoms with Crippen molar-refractivity contribution in [2.45, 2.75) is 77.2 Å². The number of alkyl halides is 2. The Kier molecular flexibility index (Phi) is 6.71. The Hall–Kier alpha value is -3.23. The number of hydrogen-bond donors (Lipinski definition) is 1. The number of rotatable bonds is 9. The predicted octanol–water partition coefficient (Wildman–Crippen LogP) is 5.54. The van der Waals surface area contributed by atoms with Crippen molar-refractivity contribution in [3.63, 3.8) is 0 Å². The fraction of sp³-hybridized carbons (Fsp3) is 0.500. The summed E-state index contributed by atoms with van der Waals surface area (Å²) in [4.78, 5) is 12.5. The molecule has 1 fully saturated rings. The van der Waals surface area contributed by atoms with Gasteiger partial charge in [0.2, 0.25) is 17.4 Å². The highest BCUT2D eigenvalue weighted by Gasteiger charge is 2.49. The number of aryl methyl sites for hydroxylation is 2. The molecular weight excluding hydrogens is 456 g/mol. The van der Waals surface area contributed by atoms with E-state index in [2.05, 4.69) is 15.6 Å². The molecule has 1 aliphatic carbocycles. The van der Waals surface area contributed by atoms with Crippen molar-refractivity contribution in [3.8, 4) is 5.75 Å². The van der Waals surface area contributed by atoms with Crippen molar-refractivity contribution >= 4 is 5.91 Å². The number of methoxy groups -OCH3 is 1. The summed E-state index contributed by atoms with van der Waals surface area (Å²) < 4.78 is 46.4. The zero-order chi connectivity index (χ0) is 25.4. The Labute approximate surface area is 203 Å². The molecule has 35 heavy (non-hydrogen) atoms. The Balaban J connectivity index is 1.46. The highest BCUT2D eigenvalue weighted by Crippen LogP contribution is 2.49. The summed E-state index contributed by atoms with van der Waals surface area (Å²) in [5, 5.41) is 10.6. The van der Waals surface area contributed by atoms with Gasteiger partial charge in [-0.15, -0.1) is 0 Å². The van der Waals surface area contributed by atoms with Gasteiger partial charge in [0.05, 0.1) is 18.5 Å². The molecule has 0 aliphatic heterocycles. The van der Waals surface area contributed by atoms with E-state index in [1.54, 1.807) is 7.11 Å². The first-order chi connectivity index (χ1) is 16.5. The zero-order valence-corrected chi connectivity index (χ0v) is 20.7. The van der Waals surface area contributed by atoms with Gasteiger partial charge >= 0.3 is 5.92 Å². The molecule has 7 nitrogen and oxygen atoms in total. The predicted molar refractivity (Wildman–Crippen MR) is 125 cm³/mol. The number of amides is 1. The first-order valence-electron chi connectivity index (χ1n) is 11.7. The SMILES string of the molecule is COc1cc(C)ccc1CNC(=O)CCc1noc(C(F)(F)c2cc(C(C)(C)C)no2)c1C1CC1. The normalized spacial score (nSPS) is 14.3. The molecule has 9 heteroatoms. The summed E-state index contributed by atoms with van der Waals surface area (Å²) in [6.45, 7) is 7.88. The summed E-state index contributed by atoms with van der Waals surface area (Å²) in [7, 11) is 1.58. The number of aromatic nitrogens is 2.